The van der Waals surface area contributed by atoms with Gasteiger partial charge < -0.3 is 15.0 Å². The third kappa shape index (κ3) is 2.94. The molecule has 1 fully saturated rings. The second-order valence-electron chi connectivity index (χ2n) is 4.34. The Labute approximate surface area is 101 Å². The van der Waals surface area contributed by atoms with Crippen LogP contribution in [0.2, 0.25) is 0 Å². The molecule has 1 aliphatic heterocycles. The number of carbonyl (C=O) groups excluding carboxylic acids is 1. The van der Waals surface area contributed by atoms with Gasteiger partial charge in [0.25, 0.3) is 5.91 Å². The number of carbonyl (C=O) groups is 1. The van der Waals surface area contributed by atoms with Gasteiger partial charge in [0.1, 0.15) is 5.82 Å². The molecule has 1 aromatic rings. The van der Waals surface area contributed by atoms with E-state index >= 15 is 0 Å². The van der Waals surface area contributed by atoms with Gasteiger partial charge in [-0.15, -0.1) is 0 Å². The maximum absolute atomic E-state index is 11.6. The molecule has 5 heteroatoms. The number of aromatic nitrogens is 1. The van der Waals surface area contributed by atoms with E-state index in [9.17, 15) is 4.79 Å². The van der Waals surface area contributed by atoms with E-state index in [1.54, 1.807) is 26.4 Å². The van der Waals surface area contributed by atoms with Crippen LogP contribution in [0.5, 0.6) is 0 Å². The zero-order valence-corrected chi connectivity index (χ0v) is 10.1. The Morgan fingerprint density at radius 2 is 2.35 bits per heavy atom. The van der Waals surface area contributed by atoms with Gasteiger partial charge in [-0.25, -0.2) is 4.98 Å². The minimum Gasteiger partial charge on any atom is -0.379 e. The largest absolute Gasteiger partial charge is 0.379 e. The zero-order chi connectivity index (χ0) is 12.3. The van der Waals surface area contributed by atoms with Crippen LogP contribution < -0.4 is 5.32 Å². The predicted molar refractivity (Wildman–Crippen MR) is 65.1 cm³/mol. The molecule has 2 heterocycles. The van der Waals surface area contributed by atoms with E-state index in [0.29, 0.717) is 11.6 Å². The summed E-state index contributed by atoms with van der Waals surface area (Å²) in [4.78, 5) is 17.4. The fourth-order valence-electron chi connectivity index (χ4n) is 1.72. The molecule has 17 heavy (non-hydrogen) atoms. The van der Waals surface area contributed by atoms with Crippen LogP contribution in [-0.4, -0.2) is 49.1 Å². The molecule has 1 N–H and O–H groups in total. The average molecular weight is 235 g/mol. The van der Waals surface area contributed by atoms with Crippen molar-refractivity contribution in [3.05, 3.63) is 23.9 Å². The van der Waals surface area contributed by atoms with E-state index in [1.165, 1.54) is 4.90 Å². The molecule has 2 rings (SSSR count). The lowest BCUT2D eigenvalue weighted by atomic mass is 10.2. The molecule has 1 saturated heterocycles. The highest BCUT2D eigenvalue weighted by molar-refractivity contribution is 5.93. The summed E-state index contributed by atoms with van der Waals surface area (Å²) in [6.07, 6.45) is 2.60. The van der Waals surface area contributed by atoms with Gasteiger partial charge in [0.05, 0.1) is 18.2 Å². The van der Waals surface area contributed by atoms with Crippen molar-refractivity contribution in [2.24, 2.45) is 0 Å². The summed E-state index contributed by atoms with van der Waals surface area (Å²) in [5.41, 5.74) is 0.600. The molecule has 1 unspecified atom stereocenters. The normalized spacial score (nSPS) is 19.1. The number of amides is 1. The number of hydrogen-bond donors (Lipinski definition) is 1. The summed E-state index contributed by atoms with van der Waals surface area (Å²) in [7, 11) is 3.45. The summed E-state index contributed by atoms with van der Waals surface area (Å²) in [6, 6.07) is 3.95. The summed E-state index contributed by atoms with van der Waals surface area (Å²) in [6.45, 7) is 1.52. The Balaban J connectivity index is 1.99. The van der Waals surface area contributed by atoms with Gasteiger partial charge in [0, 0.05) is 26.9 Å². The number of nitrogens with zero attached hydrogens (tertiary/aromatic N) is 2. The van der Waals surface area contributed by atoms with Crippen molar-refractivity contribution in [1.29, 1.82) is 0 Å². The summed E-state index contributed by atoms with van der Waals surface area (Å²) in [5.74, 6) is 0.754. The van der Waals surface area contributed by atoms with Gasteiger partial charge in [0.2, 0.25) is 0 Å². The third-order valence-electron chi connectivity index (χ3n) is 2.70. The zero-order valence-electron chi connectivity index (χ0n) is 10.1. The quantitative estimate of drug-likeness (QED) is 0.848. The standard InChI is InChI=1S/C12H17N3O2/c1-15(2)12(16)9-3-4-11(13-7-9)14-10-5-6-17-8-10/h3-4,7,10H,5-6,8H2,1-2H3,(H,13,14). The SMILES string of the molecule is CN(C)C(=O)c1ccc(NC2CCOC2)nc1. The van der Waals surface area contributed by atoms with E-state index in [2.05, 4.69) is 10.3 Å². The van der Waals surface area contributed by atoms with Gasteiger partial charge in [-0.05, 0) is 18.6 Å². The molecule has 0 aromatic carbocycles. The van der Waals surface area contributed by atoms with Gasteiger partial charge >= 0.3 is 0 Å². The predicted octanol–water partition coefficient (Wildman–Crippen LogP) is 0.984. The van der Waals surface area contributed by atoms with Crippen molar-refractivity contribution in [2.75, 3.05) is 32.6 Å². The molecule has 1 aliphatic rings. The van der Waals surface area contributed by atoms with Gasteiger partial charge in [-0.1, -0.05) is 0 Å². The van der Waals surface area contributed by atoms with Crippen molar-refractivity contribution in [3.8, 4) is 0 Å². The van der Waals surface area contributed by atoms with Gasteiger partial charge in [-0.2, -0.15) is 0 Å². The maximum Gasteiger partial charge on any atom is 0.254 e. The van der Waals surface area contributed by atoms with Crippen LogP contribution in [0, 0.1) is 0 Å². The Hall–Kier alpha value is -1.62. The van der Waals surface area contributed by atoms with Crippen molar-refractivity contribution in [3.63, 3.8) is 0 Å². The molecule has 1 aromatic heterocycles. The van der Waals surface area contributed by atoms with E-state index in [0.717, 1.165) is 25.5 Å². The molecule has 1 amide bonds. The minimum atomic E-state index is -0.0340. The number of rotatable bonds is 3. The van der Waals surface area contributed by atoms with Crippen LogP contribution in [0.3, 0.4) is 0 Å². The number of nitrogens with one attached hydrogen (secondary N) is 1. The lowest BCUT2D eigenvalue weighted by Crippen LogP contribution is -2.22. The fourth-order valence-corrected chi connectivity index (χ4v) is 1.72. The minimum absolute atomic E-state index is 0.0340. The Kier molecular flexibility index (Phi) is 3.58. The highest BCUT2D eigenvalue weighted by Gasteiger charge is 2.15. The smallest absolute Gasteiger partial charge is 0.254 e. The summed E-state index contributed by atoms with van der Waals surface area (Å²) < 4.78 is 5.27. The highest BCUT2D eigenvalue weighted by Crippen LogP contribution is 2.12. The first-order chi connectivity index (χ1) is 8.16. The monoisotopic (exact) mass is 235 g/mol. The van der Waals surface area contributed by atoms with Crippen LogP contribution in [0.4, 0.5) is 5.82 Å². The third-order valence-corrected chi connectivity index (χ3v) is 2.70. The number of hydrogen-bond acceptors (Lipinski definition) is 4. The molecule has 0 radical (unpaired) electrons. The Morgan fingerprint density at radius 1 is 1.53 bits per heavy atom. The van der Waals surface area contributed by atoms with Crippen molar-refractivity contribution < 1.29 is 9.53 Å². The van der Waals surface area contributed by atoms with E-state index in [1.807, 2.05) is 6.07 Å². The first-order valence-corrected chi connectivity index (χ1v) is 5.69. The van der Waals surface area contributed by atoms with Crippen LogP contribution in [0.15, 0.2) is 18.3 Å². The molecular weight excluding hydrogens is 218 g/mol. The molecule has 5 nitrogen and oxygen atoms in total. The van der Waals surface area contributed by atoms with Crippen LogP contribution in [0.25, 0.3) is 0 Å². The van der Waals surface area contributed by atoms with Crippen LogP contribution in [-0.2, 0) is 4.74 Å². The highest BCUT2D eigenvalue weighted by atomic mass is 16.5. The Bertz CT molecular complexity index is 383. The fraction of sp³-hybridized carbons (Fsp3) is 0.500. The molecule has 92 valence electrons. The summed E-state index contributed by atoms with van der Waals surface area (Å²) >= 11 is 0. The first kappa shape index (κ1) is 11.9. The molecule has 0 aliphatic carbocycles. The lowest BCUT2D eigenvalue weighted by Gasteiger charge is -2.13. The molecule has 0 saturated carbocycles. The van der Waals surface area contributed by atoms with Gasteiger partial charge in [-0.3, -0.25) is 4.79 Å². The van der Waals surface area contributed by atoms with Crippen molar-refractivity contribution in [1.82, 2.24) is 9.88 Å². The van der Waals surface area contributed by atoms with Crippen molar-refractivity contribution >= 4 is 11.7 Å². The van der Waals surface area contributed by atoms with E-state index in [-0.39, 0.29) is 5.91 Å². The molecular formula is C12H17N3O2. The second kappa shape index (κ2) is 5.14. The Morgan fingerprint density at radius 3 is 2.88 bits per heavy atom. The number of pyridine rings is 1. The topological polar surface area (TPSA) is 54.5 Å². The summed E-state index contributed by atoms with van der Waals surface area (Å²) in [5, 5.41) is 3.28. The maximum atomic E-state index is 11.6. The van der Waals surface area contributed by atoms with Crippen LogP contribution >= 0.6 is 0 Å². The van der Waals surface area contributed by atoms with Crippen molar-refractivity contribution in [2.45, 2.75) is 12.5 Å². The molecule has 0 spiro atoms. The second-order valence-corrected chi connectivity index (χ2v) is 4.34. The van der Waals surface area contributed by atoms with Crippen LogP contribution in [0.1, 0.15) is 16.8 Å². The molecule has 1 atom stereocenters. The van der Waals surface area contributed by atoms with E-state index in [4.69, 9.17) is 4.74 Å². The first-order valence-electron chi connectivity index (χ1n) is 5.69. The average Bonchev–Trinajstić information content (AvgIpc) is 2.82. The van der Waals surface area contributed by atoms with E-state index < -0.39 is 0 Å². The lowest BCUT2D eigenvalue weighted by molar-refractivity contribution is 0.0827. The van der Waals surface area contributed by atoms with Gasteiger partial charge in [0.15, 0.2) is 0 Å². The number of anilines is 1. The number of ether oxygens (including phenoxy) is 1. The molecule has 0 bridgehead atoms.